The molecule has 5 aromatic rings. The van der Waals surface area contributed by atoms with Crippen LogP contribution in [0.15, 0.2) is 66.9 Å². The van der Waals surface area contributed by atoms with Gasteiger partial charge in [-0.25, -0.2) is 18.2 Å². The van der Waals surface area contributed by atoms with E-state index in [2.05, 4.69) is 15.4 Å². The van der Waals surface area contributed by atoms with Gasteiger partial charge in [0, 0.05) is 28.3 Å². The van der Waals surface area contributed by atoms with E-state index >= 15 is 8.78 Å². The van der Waals surface area contributed by atoms with Crippen LogP contribution in [-0.4, -0.2) is 44.5 Å². The number of ether oxygens (including phenoxy) is 1. The number of pyridine rings is 1. The van der Waals surface area contributed by atoms with E-state index in [-0.39, 0.29) is 22.4 Å². The predicted octanol–water partition coefficient (Wildman–Crippen LogP) is 6.41. The molecule has 46 heavy (non-hydrogen) atoms. The van der Waals surface area contributed by atoms with Gasteiger partial charge < -0.3 is 20.3 Å². The third kappa shape index (κ3) is 5.70. The first-order valence-corrected chi connectivity index (χ1v) is 14.9. The molecule has 238 valence electrons. The fourth-order valence-electron chi connectivity index (χ4n) is 5.37. The average molecular weight is 651 g/mol. The summed E-state index contributed by atoms with van der Waals surface area (Å²) in [6, 6.07) is 14.7. The lowest BCUT2D eigenvalue weighted by molar-refractivity contribution is 0.0625. The van der Waals surface area contributed by atoms with Crippen LogP contribution in [-0.2, 0) is 11.2 Å². The zero-order valence-corrected chi connectivity index (χ0v) is 25.9. The number of benzene rings is 3. The highest BCUT2D eigenvalue weighted by Gasteiger charge is 2.38. The Labute approximate surface area is 267 Å². The van der Waals surface area contributed by atoms with E-state index in [1.54, 1.807) is 42.5 Å². The number of rotatable bonds is 9. The van der Waals surface area contributed by atoms with Crippen molar-refractivity contribution in [3.05, 3.63) is 112 Å². The lowest BCUT2D eigenvalue weighted by atomic mass is 9.86. The summed E-state index contributed by atoms with van der Waals surface area (Å²) >= 11 is 5.80. The van der Waals surface area contributed by atoms with Gasteiger partial charge in [-0.1, -0.05) is 41.9 Å². The maximum atomic E-state index is 15.9. The van der Waals surface area contributed by atoms with Crippen LogP contribution in [0.2, 0.25) is 5.02 Å². The van der Waals surface area contributed by atoms with E-state index in [0.717, 1.165) is 31.0 Å². The van der Waals surface area contributed by atoms with Crippen LogP contribution in [0.5, 0.6) is 5.75 Å². The molecule has 12 heteroatoms. The molecule has 0 unspecified atom stereocenters. The molecule has 3 N–H and O–H groups in total. The van der Waals surface area contributed by atoms with Crippen LogP contribution in [0, 0.1) is 17.5 Å². The minimum absolute atomic E-state index is 0.217. The lowest BCUT2D eigenvalue weighted by Gasteiger charge is -2.31. The Morgan fingerprint density at radius 3 is 2.43 bits per heavy atom. The van der Waals surface area contributed by atoms with Crippen molar-refractivity contribution in [3.8, 4) is 17.0 Å². The molecule has 0 bridgehead atoms. The largest absolute Gasteiger partial charge is 0.494 e. The normalized spacial score (nSPS) is 14.7. The molecule has 0 saturated heterocycles. The number of hydrogen-bond donors (Lipinski definition) is 3. The molecular formula is C34H30ClF3N4O4. The van der Waals surface area contributed by atoms with Crippen molar-refractivity contribution >= 4 is 28.4 Å². The highest BCUT2D eigenvalue weighted by molar-refractivity contribution is 6.31. The molecule has 1 atom stereocenters. The maximum Gasteiger partial charge on any atom is 0.251 e. The van der Waals surface area contributed by atoms with Gasteiger partial charge in [0.1, 0.15) is 33.4 Å². The molecule has 0 radical (unpaired) electrons. The van der Waals surface area contributed by atoms with Gasteiger partial charge in [-0.2, -0.15) is 5.10 Å². The molecular weight excluding hydrogens is 621 g/mol. The first-order valence-electron chi connectivity index (χ1n) is 14.5. The van der Waals surface area contributed by atoms with Crippen molar-refractivity contribution in [1.29, 1.82) is 0 Å². The van der Waals surface area contributed by atoms with Crippen LogP contribution in [0.25, 0.3) is 22.2 Å². The van der Waals surface area contributed by atoms with Crippen LogP contribution in [0.1, 0.15) is 59.9 Å². The quantitative estimate of drug-likeness (QED) is 0.159. The third-order valence-corrected chi connectivity index (χ3v) is 8.43. The molecule has 6 rings (SSSR count). The molecule has 0 aliphatic heterocycles. The number of carbonyl (C=O) groups excluding carboxylic acids is 1. The highest BCUT2D eigenvalue weighted by Crippen LogP contribution is 2.39. The zero-order chi connectivity index (χ0) is 33.0. The topological polar surface area (TPSA) is 110 Å². The fourth-order valence-corrected chi connectivity index (χ4v) is 5.54. The van der Waals surface area contributed by atoms with Gasteiger partial charge in [0.25, 0.3) is 5.91 Å². The highest BCUT2D eigenvalue weighted by atomic mass is 35.5. The molecule has 2 heterocycles. The van der Waals surface area contributed by atoms with Gasteiger partial charge in [-0.3, -0.25) is 9.48 Å². The minimum Gasteiger partial charge on any atom is -0.494 e. The second-order valence-corrected chi connectivity index (χ2v) is 12.2. The van der Waals surface area contributed by atoms with Crippen molar-refractivity contribution in [3.63, 3.8) is 0 Å². The van der Waals surface area contributed by atoms with Crippen LogP contribution < -0.4 is 10.1 Å². The number of aliphatic hydroxyl groups is 2. The van der Waals surface area contributed by atoms with E-state index in [1.807, 2.05) is 10.9 Å². The molecule has 1 amide bonds. The number of hydrogen-bond acceptors (Lipinski definition) is 6. The van der Waals surface area contributed by atoms with Gasteiger partial charge in [0.05, 0.1) is 31.0 Å². The second-order valence-electron chi connectivity index (χ2n) is 11.9. The molecule has 1 fully saturated rings. The van der Waals surface area contributed by atoms with Crippen molar-refractivity contribution < 1.29 is 32.9 Å². The van der Waals surface area contributed by atoms with Crippen LogP contribution in [0.4, 0.5) is 13.2 Å². The van der Waals surface area contributed by atoms with Crippen molar-refractivity contribution in [1.82, 2.24) is 20.1 Å². The standard InChI is InChI=1S/C34H30ClF3N4O4/c1-33(2,44)23-15-26(40-31(29(23)38)22-11-12-24(36)27(35)28(22)37)34(45,20-7-5-4-6-8-20)17-39-32(43)18-13-19-16-42(21-9-10-21)41-30(19)25(14-18)46-3/h4-8,11-16,21,44-45H,9-10,17H2,1-3H3,(H,39,43)/t34-/m1/s1. The van der Waals surface area contributed by atoms with E-state index in [1.165, 1.54) is 21.0 Å². The van der Waals surface area contributed by atoms with E-state index in [0.29, 0.717) is 22.7 Å². The Morgan fingerprint density at radius 1 is 1.07 bits per heavy atom. The predicted molar refractivity (Wildman–Crippen MR) is 166 cm³/mol. The van der Waals surface area contributed by atoms with Crippen molar-refractivity contribution in [2.75, 3.05) is 13.7 Å². The summed E-state index contributed by atoms with van der Waals surface area (Å²) in [5, 5.41) is 30.4. The molecule has 1 aliphatic carbocycles. The number of nitrogens with one attached hydrogen (secondary N) is 1. The molecule has 0 spiro atoms. The fraction of sp³-hybridized carbons (Fsp3) is 0.265. The number of amides is 1. The van der Waals surface area contributed by atoms with Gasteiger partial charge in [-0.15, -0.1) is 0 Å². The first-order chi connectivity index (χ1) is 21.8. The van der Waals surface area contributed by atoms with Gasteiger partial charge >= 0.3 is 0 Å². The summed E-state index contributed by atoms with van der Waals surface area (Å²) in [5.41, 5.74) is -4.47. The van der Waals surface area contributed by atoms with E-state index in [4.69, 9.17) is 16.3 Å². The summed E-state index contributed by atoms with van der Waals surface area (Å²) in [6.45, 7) is 2.16. The monoisotopic (exact) mass is 650 g/mol. The van der Waals surface area contributed by atoms with Crippen molar-refractivity contribution in [2.24, 2.45) is 0 Å². The first kappa shape index (κ1) is 31.5. The molecule has 3 aromatic carbocycles. The number of carbonyl (C=O) groups is 1. The minimum atomic E-state index is -2.12. The van der Waals surface area contributed by atoms with E-state index in [9.17, 15) is 19.4 Å². The Morgan fingerprint density at radius 2 is 1.78 bits per heavy atom. The van der Waals surface area contributed by atoms with Crippen LogP contribution in [0.3, 0.4) is 0 Å². The Balaban J connectivity index is 1.44. The summed E-state index contributed by atoms with van der Waals surface area (Å²) in [7, 11) is 1.48. The maximum absolute atomic E-state index is 15.9. The van der Waals surface area contributed by atoms with E-state index < -0.39 is 57.4 Å². The number of halogens is 4. The number of nitrogens with zero attached hydrogens (tertiary/aromatic N) is 3. The summed E-state index contributed by atoms with van der Waals surface area (Å²) in [6.07, 6.45) is 3.91. The summed E-state index contributed by atoms with van der Waals surface area (Å²) in [5.74, 6) is -3.57. The molecule has 2 aromatic heterocycles. The second kappa shape index (κ2) is 11.7. The number of aromatic nitrogens is 3. The van der Waals surface area contributed by atoms with Gasteiger partial charge in [0.2, 0.25) is 0 Å². The molecule has 1 saturated carbocycles. The third-order valence-electron chi connectivity index (χ3n) is 8.08. The number of fused-ring (bicyclic) bond motifs is 1. The van der Waals surface area contributed by atoms with Gasteiger partial charge in [-0.05, 0) is 62.6 Å². The summed E-state index contributed by atoms with van der Waals surface area (Å²) in [4.78, 5) is 17.9. The number of methoxy groups -OCH3 is 1. The van der Waals surface area contributed by atoms with Gasteiger partial charge in [0.15, 0.2) is 11.6 Å². The van der Waals surface area contributed by atoms with Crippen molar-refractivity contribution in [2.45, 2.75) is 43.9 Å². The lowest BCUT2D eigenvalue weighted by Crippen LogP contribution is -2.42. The molecule has 1 aliphatic rings. The zero-order valence-electron chi connectivity index (χ0n) is 25.1. The summed E-state index contributed by atoms with van der Waals surface area (Å²) < 4.78 is 52.5. The average Bonchev–Trinajstić information content (AvgIpc) is 3.80. The SMILES string of the molecule is COc1cc(C(=O)NC[C@@](O)(c2ccccc2)c2cc(C(C)(C)O)c(F)c(-c3ccc(F)c(Cl)c3F)n2)cc2cn(C3CC3)nc12. The Kier molecular flexibility index (Phi) is 8.04. The molecule has 8 nitrogen and oxygen atoms in total. The Bertz CT molecular complexity index is 1980. The van der Waals surface area contributed by atoms with Crippen LogP contribution >= 0.6 is 11.6 Å². The smallest absolute Gasteiger partial charge is 0.251 e. The Hall–Kier alpha value is -4.45.